The molecule has 2 aromatic carbocycles. The van der Waals surface area contributed by atoms with E-state index in [0.29, 0.717) is 24.0 Å². The number of para-hydroxylation sites is 1. The lowest BCUT2D eigenvalue weighted by molar-refractivity contribution is -0.121. The normalized spacial score (nSPS) is 10.7. The smallest absolute Gasteiger partial charge is 0.223 e. The number of hydrogen-bond donors (Lipinski definition) is 1. The first kappa shape index (κ1) is 20.0. The van der Waals surface area contributed by atoms with Crippen molar-refractivity contribution < 1.29 is 9.59 Å². The van der Waals surface area contributed by atoms with Gasteiger partial charge in [-0.2, -0.15) is 0 Å². The van der Waals surface area contributed by atoms with Crippen LogP contribution in [0.2, 0.25) is 5.02 Å². The molecule has 0 aliphatic carbocycles. The van der Waals surface area contributed by atoms with Gasteiger partial charge in [0.1, 0.15) is 0 Å². The zero-order valence-corrected chi connectivity index (χ0v) is 16.2. The minimum absolute atomic E-state index is 0.0661. The molecule has 2 rings (SSSR count). The standard InChI is InChI=1S/C21H25ClN2O2/c1-15(2)19-6-4-5-7-20(19)24(16(3)25)13-12-21(26)23-14-17-8-10-18(22)11-9-17/h4-11,15H,12-14H2,1-3H3,(H,23,26). The summed E-state index contributed by atoms with van der Waals surface area (Å²) >= 11 is 5.86. The van der Waals surface area contributed by atoms with Gasteiger partial charge in [0.15, 0.2) is 0 Å². The molecule has 0 saturated heterocycles. The molecule has 0 aromatic heterocycles. The predicted octanol–water partition coefficient (Wildman–Crippen LogP) is 4.52. The van der Waals surface area contributed by atoms with Crippen molar-refractivity contribution in [2.75, 3.05) is 11.4 Å². The Kier molecular flexibility index (Phi) is 7.22. The second kappa shape index (κ2) is 9.39. The zero-order chi connectivity index (χ0) is 19.1. The fraction of sp³-hybridized carbons (Fsp3) is 0.333. The molecule has 5 heteroatoms. The lowest BCUT2D eigenvalue weighted by Crippen LogP contribution is -2.34. The third kappa shape index (κ3) is 5.60. The van der Waals surface area contributed by atoms with Crippen molar-refractivity contribution in [1.29, 1.82) is 0 Å². The van der Waals surface area contributed by atoms with Crippen LogP contribution in [0.15, 0.2) is 48.5 Å². The fourth-order valence-corrected chi connectivity index (χ4v) is 2.90. The highest BCUT2D eigenvalue weighted by molar-refractivity contribution is 6.30. The first-order valence-corrected chi connectivity index (χ1v) is 9.14. The molecule has 0 atom stereocenters. The summed E-state index contributed by atoms with van der Waals surface area (Å²) in [4.78, 5) is 26.0. The van der Waals surface area contributed by atoms with Crippen molar-refractivity contribution in [3.05, 3.63) is 64.7 Å². The van der Waals surface area contributed by atoms with Gasteiger partial charge in [0.05, 0.1) is 0 Å². The number of nitrogens with one attached hydrogen (secondary N) is 1. The van der Waals surface area contributed by atoms with Gasteiger partial charge in [-0.3, -0.25) is 9.59 Å². The van der Waals surface area contributed by atoms with Crippen LogP contribution in [0.1, 0.15) is 44.2 Å². The molecular formula is C21H25ClN2O2. The molecule has 0 spiro atoms. The van der Waals surface area contributed by atoms with Crippen molar-refractivity contribution in [1.82, 2.24) is 5.32 Å². The van der Waals surface area contributed by atoms with Crippen LogP contribution in [0, 0.1) is 0 Å². The van der Waals surface area contributed by atoms with Gasteiger partial charge in [-0.05, 0) is 35.2 Å². The molecule has 1 N–H and O–H groups in total. The second-order valence-corrected chi connectivity index (χ2v) is 6.97. The van der Waals surface area contributed by atoms with Crippen LogP contribution in [-0.2, 0) is 16.1 Å². The van der Waals surface area contributed by atoms with E-state index in [1.807, 2.05) is 36.4 Å². The van der Waals surface area contributed by atoms with Crippen LogP contribution < -0.4 is 10.2 Å². The molecule has 0 radical (unpaired) electrons. The maximum absolute atomic E-state index is 12.2. The summed E-state index contributed by atoms with van der Waals surface area (Å²) in [6.45, 7) is 6.51. The average Bonchev–Trinajstić information content (AvgIpc) is 2.61. The SMILES string of the molecule is CC(=O)N(CCC(=O)NCc1ccc(Cl)cc1)c1ccccc1C(C)C. The molecule has 4 nitrogen and oxygen atoms in total. The lowest BCUT2D eigenvalue weighted by Gasteiger charge is -2.25. The predicted molar refractivity (Wildman–Crippen MR) is 106 cm³/mol. The Morgan fingerprint density at radius 2 is 1.73 bits per heavy atom. The summed E-state index contributed by atoms with van der Waals surface area (Å²) in [6.07, 6.45) is 0.250. The van der Waals surface area contributed by atoms with Crippen LogP contribution in [0.25, 0.3) is 0 Å². The molecule has 0 fully saturated rings. The number of carbonyl (C=O) groups is 2. The number of halogens is 1. The zero-order valence-electron chi connectivity index (χ0n) is 15.5. The van der Waals surface area contributed by atoms with E-state index >= 15 is 0 Å². The maximum Gasteiger partial charge on any atom is 0.223 e. The van der Waals surface area contributed by atoms with Gasteiger partial charge >= 0.3 is 0 Å². The van der Waals surface area contributed by atoms with E-state index in [4.69, 9.17) is 11.6 Å². The van der Waals surface area contributed by atoms with Gasteiger partial charge in [0, 0.05) is 37.1 Å². The monoisotopic (exact) mass is 372 g/mol. The number of hydrogen-bond acceptors (Lipinski definition) is 2. The first-order chi connectivity index (χ1) is 12.4. The Hall–Kier alpha value is -2.33. The highest BCUT2D eigenvalue weighted by Crippen LogP contribution is 2.27. The third-order valence-corrected chi connectivity index (χ3v) is 4.45. The van der Waals surface area contributed by atoms with Crippen LogP contribution >= 0.6 is 11.6 Å². The Bertz CT molecular complexity index is 757. The summed E-state index contributed by atoms with van der Waals surface area (Å²) < 4.78 is 0. The van der Waals surface area contributed by atoms with E-state index in [2.05, 4.69) is 19.2 Å². The molecule has 2 amide bonds. The van der Waals surface area contributed by atoms with Crippen molar-refractivity contribution in [2.45, 2.75) is 39.7 Å². The number of anilines is 1. The molecule has 0 bridgehead atoms. The lowest BCUT2D eigenvalue weighted by atomic mass is 10.0. The van der Waals surface area contributed by atoms with Crippen molar-refractivity contribution in [3.63, 3.8) is 0 Å². The highest BCUT2D eigenvalue weighted by atomic mass is 35.5. The number of benzene rings is 2. The largest absolute Gasteiger partial charge is 0.352 e. The van der Waals surface area contributed by atoms with E-state index in [9.17, 15) is 9.59 Å². The second-order valence-electron chi connectivity index (χ2n) is 6.54. The molecule has 0 aliphatic rings. The van der Waals surface area contributed by atoms with E-state index in [1.54, 1.807) is 17.0 Å². The molecular weight excluding hydrogens is 348 g/mol. The van der Waals surface area contributed by atoms with Crippen molar-refractivity contribution in [3.8, 4) is 0 Å². The Balaban J connectivity index is 1.97. The topological polar surface area (TPSA) is 49.4 Å². The quantitative estimate of drug-likeness (QED) is 0.776. The Labute approximate surface area is 160 Å². The molecule has 26 heavy (non-hydrogen) atoms. The Morgan fingerprint density at radius 3 is 2.35 bits per heavy atom. The van der Waals surface area contributed by atoms with Crippen molar-refractivity contribution in [2.24, 2.45) is 0 Å². The minimum Gasteiger partial charge on any atom is -0.352 e. The summed E-state index contributed by atoms with van der Waals surface area (Å²) in [7, 11) is 0. The van der Waals surface area contributed by atoms with E-state index in [0.717, 1.165) is 16.8 Å². The fourth-order valence-electron chi connectivity index (χ4n) is 2.77. The molecule has 0 aliphatic heterocycles. The number of nitrogens with zero attached hydrogens (tertiary/aromatic N) is 1. The summed E-state index contributed by atoms with van der Waals surface area (Å²) in [5, 5.41) is 3.55. The number of carbonyl (C=O) groups excluding carboxylic acids is 2. The van der Waals surface area contributed by atoms with Gasteiger partial charge < -0.3 is 10.2 Å². The van der Waals surface area contributed by atoms with Crippen LogP contribution in [0.5, 0.6) is 0 Å². The summed E-state index contributed by atoms with van der Waals surface area (Å²) in [6, 6.07) is 15.2. The van der Waals surface area contributed by atoms with Gasteiger partial charge in [0.25, 0.3) is 0 Å². The Morgan fingerprint density at radius 1 is 1.08 bits per heavy atom. The van der Waals surface area contributed by atoms with Gasteiger partial charge in [-0.1, -0.05) is 55.8 Å². The van der Waals surface area contributed by atoms with Gasteiger partial charge in [-0.25, -0.2) is 0 Å². The van der Waals surface area contributed by atoms with E-state index in [-0.39, 0.29) is 18.2 Å². The van der Waals surface area contributed by atoms with Gasteiger partial charge in [-0.15, -0.1) is 0 Å². The van der Waals surface area contributed by atoms with Crippen LogP contribution in [-0.4, -0.2) is 18.4 Å². The average molecular weight is 373 g/mol. The number of rotatable bonds is 7. The molecule has 0 unspecified atom stereocenters. The van der Waals surface area contributed by atoms with Crippen molar-refractivity contribution >= 4 is 29.1 Å². The maximum atomic E-state index is 12.2. The molecule has 2 aromatic rings. The van der Waals surface area contributed by atoms with E-state index in [1.165, 1.54) is 6.92 Å². The number of amides is 2. The molecule has 0 heterocycles. The van der Waals surface area contributed by atoms with E-state index < -0.39 is 0 Å². The van der Waals surface area contributed by atoms with Crippen LogP contribution in [0.4, 0.5) is 5.69 Å². The van der Waals surface area contributed by atoms with Crippen LogP contribution in [0.3, 0.4) is 0 Å². The summed E-state index contributed by atoms with van der Waals surface area (Å²) in [5.41, 5.74) is 2.96. The van der Waals surface area contributed by atoms with Gasteiger partial charge in [0.2, 0.25) is 11.8 Å². The highest BCUT2D eigenvalue weighted by Gasteiger charge is 2.17. The minimum atomic E-state index is -0.0896. The third-order valence-electron chi connectivity index (χ3n) is 4.20. The molecule has 138 valence electrons. The summed E-state index contributed by atoms with van der Waals surface area (Å²) in [5.74, 6) is 0.142. The first-order valence-electron chi connectivity index (χ1n) is 8.76. The molecule has 0 saturated carbocycles.